The Morgan fingerprint density at radius 1 is 1.09 bits per heavy atom. The number of aromatic nitrogens is 1. The van der Waals surface area contributed by atoms with Crippen LogP contribution < -0.4 is 29.1 Å². The van der Waals surface area contributed by atoms with E-state index in [2.05, 4.69) is 28.7 Å². The van der Waals surface area contributed by atoms with Gasteiger partial charge < -0.3 is 18.9 Å². The minimum absolute atomic E-state index is 0.127. The summed E-state index contributed by atoms with van der Waals surface area (Å²) in [7, 11) is 0. The van der Waals surface area contributed by atoms with Gasteiger partial charge in [-0.15, -0.1) is 0 Å². The highest BCUT2D eigenvalue weighted by molar-refractivity contribution is 14.1. The van der Waals surface area contributed by atoms with Crippen molar-refractivity contribution in [2.45, 2.75) is 53.4 Å². The van der Waals surface area contributed by atoms with Gasteiger partial charge in [0.2, 0.25) is 0 Å². The van der Waals surface area contributed by atoms with Crippen molar-refractivity contribution >= 4 is 46.0 Å². The van der Waals surface area contributed by atoms with E-state index in [1.807, 2.05) is 75.4 Å². The van der Waals surface area contributed by atoms with E-state index in [1.54, 1.807) is 30.6 Å². The summed E-state index contributed by atoms with van der Waals surface area (Å²) in [6.07, 6.45) is 1.67. The van der Waals surface area contributed by atoms with Gasteiger partial charge in [-0.3, -0.25) is 9.36 Å². The van der Waals surface area contributed by atoms with Crippen LogP contribution in [-0.2, 0) is 16.1 Å². The first-order chi connectivity index (χ1) is 22.7. The molecular weight excluding hydrogens is 729 g/mol. The standard InChI is InChI=1S/C36H34IN3O6S/c1-6-43-29-17-23(16-27(37)33(29)45-20-25-13-9-8-12-24(25)19-38)18-30-34(41)40-32(26-14-10-11-15-28(26)46-21(3)4)31(35(42)44-7-2)22(5)39-36(40)47-30/h8-18,21,32H,6-7,20H2,1-5H3/b30-18+/t32-/m0/s1. The largest absolute Gasteiger partial charge is 0.491 e. The third-order valence-corrected chi connectivity index (χ3v) is 9.02. The monoisotopic (exact) mass is 763 g/mol. The molecule has 0 saturated carbocycles. The summed E-state index contributed by atoms with van der Waals surface area (Å²) in [4.78, 5) is 32.7. The van der Waals surface area contributed by atoms with Crippen LogP contribution in [0.1, 0.15) is 62.9 Å². The van der Waals surface area contributed by atoms with E-state index in [9.17, 15) is 14.9 Å². The lowest BCUT2D eigenvalue weighted by Crippen LogP contribution is -2.40. The van der Waals surface area contributed by atoms with Crippen LogP contribution in [-0.4, -0.2) is 29.9 Å². The molecule has 47 heavy (non-hydrogen) atoms. The molecule has 1 aliphatic heterocycles. The second-order valence-corrected chi connectivity index (χ2v) is 13.0. The molecule has 1 aliphatic rings. The zero-order valence-corrected chi connectivity index (χ0v) is 29.7. The van der Waals surface area contributed by atoms with Gasteiger partial charge in [0.15, 0.2) is 16.3 Å². The van der Waals surface area contributed by atoms with E-state index >= 15 is 0 Å². The van der Waals surface area contributed by atoms with E-state index in [0.717, 1.165) is 14.7 Å². The molecule has 0 spiro atoms. The molecule has 0 saturated heterocycles. The molecule has 0 aliphatic carbocycles. The smallest absolute Gasteiger partial charge is 0.338 e. The molecule has 1 atom stereocenters. The summed E-state index contributed by atoms with van der Waals surface area (Å²) in [6.45, 7) is 10.0. The van der Waals surface area contributed by atoms with Crippen molar-refractivity contribution in [2.75, 3.05) is 13.2 Å². The van der Waals surface area contributed by atoms with Gasteiger partial charge in [0.05, 0.1) is 50.3 Å². The predicted molar refractivity (Wildman–Crippen MR) is 188 cm³/mol. The molecule has 11 heteroatoms. The number of nitrogens with zero attached hydrogens (tertiary/aromatic N) is 3. The van der Waals surface area contributed by atoms with Gasteiger partial charge in [-0.2, -0.15) is 5.26 Å². The number of nitriles is 1. The molecule has 0 N–H and O–H groups in total. The predicted octanol–water partition coefficient (Wildman–Crippen LogP) is 6.04. The average Bonchev–Trinajstić information content (AvgIpc) is 3.34. The van der Waals surface area contributed by atoms with E-state index < -0.39 is 12.0 Å². The molecule has 5 rings (SSSR count). The highest BCUT2D eigenvalue weighted by atomic mass is 127. The van der Waals surface area contributed by atoms with Gasteiger partial charge in [-0.05, 0) is 93.1 Å². The Kier molecular flexibility index (Phi) is 10.8. The van der Waals surface area contributed by atoms with Crippen LogP contribution >= 0.6 is 33.9 Å². The van der Waals surface area contributed by atoms with Crippen molar-refractivity contribution in [1.82, 2.24) is 4.57 Å². The molecular formula is C36H34IN3O6S. The van der Waals surface area contributed by atoms with Gasteiger partial charge in [0.1, 0.15) is 18.4 Å². The van der Waals surface area contributed by atoms with Crippen LogP contribution in [0.3, 0.4) is 0 Å². The summed E-state index contributed by atoms with van der Waals surface area (Å²) in [5.41, 5.74) is 3.19. The van der Waals surface area contributed by atoms with Crippen molar-refractivity contribution in [2.24, 2.45) is 4.99 Å². The summed E-state index contributed by atoms with van der Waals surface area (Å²) in [6, 6.07) is 19.8. The second-order valence-electron chi connectivity index (χ2n) is 10.8. The Hall–Kier alpha value is -4.41. The van der Waals surface area contributed by atoms with Gasteiger partial charge in [-0.25, -0.2) is 9.79 Å². The Bertz CT molecular complexity index is 2080. The van der Waals surface area contributed by atoms with Crippen molar-refractivity contribution in [3.63, 3.8) is 0 Å². The average molecular weight is 764 g/mol. The first kappa shape index (κ1) is 33.9. The highest BCUT2D eigenvalue weighted by Gasteiger charge is 2.35. The Labute approximate surface area is 290 Å². The molecule has 0 bridgehead atoms. The number of carbonyl (C=O) groups is 1. The number of benzene rings is 3. The van der Waals surface area contributed by atoms with Crippen LogP contribution in [0.15, 0.2) is 81.7 Å². The molecule has 0 radical (unpaired) electrons. The van der Waals surface area contributed by atoms with Crippen molar-refractivity contribution < 1.29 is 23.7 Å². The molecule has 4 aromatic rings. The molecule has 1 aromatic heterocycles. The van der Waals surface area contributed by atoms with E-state index in [1.165, 1.54) is 11.3 Å². The quantitative estimate of drug-likeness (QED) is 0.135. The fourth-order valence-electron chi connectivity index (χ4n) is 5.28. The number of halogens is 1. The lowest BCUT2D eigenvalue weighted by molar-refractivity contribution is -0.139. The highest BCUT2D eigenvalue weighted by Crippen LogP contribution is 2.37. The number of allylic oxidation sites excluding steroid dienone is 1. The molecule has 0 amide bonds. The Balaban J connectivity index is 1.62. The first-order valence-electron chi connectivity index (χ1n) is 15.2. The number of carbonyl (C=O) groups excluding carboxylic acids is 1. The maximum absolute atomic E-state index is 14.2. The fraction of sp³-hybridized carbons (Fsp3) is 0.278. The topological polar surface area (TPSA) is 112 Å². The number of ether oxygens (including phenoxy) is 4. The van der Waals surface area contributed by atoms with Crippen molar-refractivity contribution in [1.29, 1.82) is 5.26 Å². The van der Waals surface area contributed by atoms with Crippen LogP contribution in [0, 0.1) is 14.9 Å². The van der Waals surface area contributed by atoms with Gasteiger partial charge >= 0.3 is 5.97 Å². The van der Waals surface area contributed by atoms with E-state index in [-0.39, 0.29) is 24.9 Å². The van der Waals surface area contributed by atoms with Gasteiger partial charge in [0, 0.05) is 11.1 Å². The zero-order valence-electron chi connectivity index (χ0n) is 26.7. The van der Waals surface area contributed by atoms with Crippen molar-refractivity contribution in [3.8, 4) is 23.3 Å². The molecule has 2 heterocycles. The summed E-state index contributed by atoms with van der Waals surface area (Å²) in [5, 5.41) is 9.48. The van der Waals surface area contributed by atoms with Crippen LogP contribution in [0.25, 0.3) is 6.08 Å². The van der Waals surface area contributed by atoms with Crippen LogP contribution in [0.4, 0.5) is 0 Å². The maximum atomic E-state index is 14.2. The van der Waals surface area contributed by atoms with Gasteiger partial charge in [0.25, 0.3) is 5.56 Å². The number of para-hydroxylation sites is 1. The molecule has 0 fully saturated rings. The second kappa shape index (κ2) is 15.0. The van der Waals surface area contributed by atoms with Crippen LogP contribution in [0.5, 0.6) is 17.2 Å². The first-order valence-corrected chi connectivity index (χ1v) is 17.1. The number of hydrogen-bond donors (Lipinski definition) is 0. The maximum Gasteiger partial charge on any atom is 0.338 e. The number of rotatable bonds is 11. The minimum atomic E-state index is -0.798. The molecule has 3 aromatic carbocycles. The SMILES string of the molecule is CCOC(=O)C1=C(C)N=c2s/c(=C/c3cc(I)c(OCc4ccccc4C#N)c(OCC)c3)c(=O)n2[C@H]1c1ccccc1OC(C)C. The summed E-state index contributed by atoms with van der Waals surface area (Å²) >= 11 is 3.43. The fourth-order valence-corrected chi connectivity index (χ4v) is 7.11. The zero-order chi connectivity index (χ0) is 33.7. The minimum Gasteiger partial charge on any atom is -0.491 e. The summed E-state index contributed by atoms with van der Waals surface area (Å²) in [5.74, 6) is 1.11. The number of hydrogen-bond acceptors (Lipinski definition) is 9. The van der Waals surface area contributed by atoms with Gasteiger partial charge in [-0.1, -0.05) is 47.7 Å². The van der Waals surface area contributed by atoms with E-state index in [0.29, 0.717) is 55.6 Å². The molecule has 9 nitrogen and oxygen atoms in total. The summed E-state index contributed by atoms with van der Waals surface area (Å²) < 4.78 is 26.5. The number of esters is 1. The van der Waals surface area contributed by atoms with Crippen molar-refractivity contribution in [3.05, 3.63) is 117 Å². The number of fused-ring (bicyclic) bond motifs is 1. The Morgan fingerprint density at radius 3 is 2.55 bits per heavy atom. The number of thiazole rings is 1. The lowest BCUT2D eigenvalue weighted by Gasteiger charge is -2.26. The van der Waals surface area contributed by atoms with E-state index in [4.69, 9.17) is 23.9 Å². The lowest BCUT2D eigenvalue weighted by atomic mass is 9.95. The molecule has 242 valence electrons. The third kappa shape index (κ3) is 7.29. The van der Waals surface area contributed by atoms with Crippen LogP contribution in [0.2, 0.25) is 0 Å². The molecule has 0 unspecified atom stereocenters. The Morgan fingerprint density at radius 2 is 1.83 bits per heavy atom. The normalized spacial score (nSPS) is 14.3. The third-order valence-electron chi connectivity index (χ3n) is 7.23.